The summed E-state index contributed by atoms with van der Waals surface area (Å²) >= 11 is 7.82. The van der Waals surface area contributed by atoms with Crippen LogP contribution in [0.25, 0.3) is 20.9 Å². The molecule has 0 radical (unpaired) electrons. The molecule has 1 heterocycles. The molecule has 0 N–H and O–H groups in total. The molecule has 1 aromatic heterocycles. The van der Waals surface area contributed by atoms with Crippen LogP contribution in [-0.2, 0) is 0 Å². The van der Waals surface area contributed by atoms with Crippen molar-refractivity contribution < 1.29 is 9.53 Å². The fourth-order valence-corrected chi connectivity index (χ4v) is 4.94. The molecule has 0 unspecified atom stereocenters. The van der Waals surface area contributed by atoms with Crippen LogP contribution in [0.3, 0.4) is 0 Å². The molecule has 3 nitrogen and oxygen atoms in total. The van der Waals surface area contributed by atoms with Gasteiger partial charge in [-0.1, -0.05) is 77.8 Å². The Morgan fingerprint density at radius 3 is 2.41 bits per heavy atom. The molecular weight excluding hydrogens is 438 g/mol. The number of thiophene rings is 1. The molecule has 5 rings (SSSR count). The average Bonchev–Trinajstić information content (AvgIpc) is 3.16. The molecule has 0 amide bonds. The summed E-state index contributed by atoms with van der Waals surface area (Å²) < 4.78 is 6.80. The Kier molecular flexibility index (Phi) is 5.48. The van der Waals surface area contributed by atoms with E-state index in [2.05, 4.69) is 4.99 Å². The summed E-state index contributed by atoms with van der Waals surface area (Å²) in [5.41, 5.74) is 2.74. The number of aryl methyl sites for hydroxylation is 1. The minimum atomic E-state index is -0.475. The molecule has 0 atom stereocenters. The lowest BCUT2D eigenvalue weighted by molar-refractivity contribution is 0.0740. The molecule has 0 aliphatic rings. The zero-order valence-corrected chi connectivity index (χ0v) is 18.8. The first-order valence-corrected chi connectivity index (χ1v) is 11.3. The van der Waals surface area contributed by atoms with Gasteiger partial charge in [-0.2, -0.15) is 0 Å². The van der Waals surface area contributed by atoms with Crippen molar-refractivity contribution in [2.24, 2.45) is 4.99 Å². The topological polar surface area (TPSA) is 38.7 Å². The summed E-state index contributed by atoms with van der Waals surface area (Å²) in [6.07, 6.45) is 1.75. The van der Waals surface area contributed by atoms with Gasteiger partial charge in [0.2, 0.25) is 0 Å². The van der Waals surface area contributed by atoms with Crippen molar-refractivity contribution in [1.29, 1.82) is 0 Å². The largest absolute Gasteiger partial charge is 0.422 e. The number of nitrogens with zero attached hydrogens (tertiary/aromatic N) is 1. The van der Waals surface area contributed by atoms with E-state index in [1.165, 1.54) is 16.9 Å². The summed E-state index contributed by atoms with van der Waals surface area (Å²) in [5, 5.41) is 3.27. The molecule has 5 aromatic rings. The van der Waals surface area contributed by atoms with E-state index in [4.69, 9.17) is 16.3 Å². The number of esters is 1. The highest BCUT2D eigenvalue weighted by molar-refractivity contribution is 7.21. The summed E-state index contributed by atoms with van der Waals surface area (Å²) in [6, 6.07) is 27.3. The third-order valence-corrected chi connectivity index (χ3v) is 6.89. The minimum absolute atomic E-state index is 0.391. The Morgan fingerprint density at radius 2 is 1.62 bits per heavy atom. The van der Waals surface area contributed by atoms with Gasteiger partial charge >= 0.3 is 5.97 Å². The number of ether oxygens (including phenoxy) is 1. The highest BCUT2D eigenvalue weighted by Crippen LogP contribution is 2.36. The molecule has 0 fully saturated rings. The highest BCUT2D eigenvalue weighted by atomic mass is 35.5. The van der Waals surface area contributed by atoms with Crippen LogP contribution in [0.4, 0.5) is 5.69 Å². The third kappa shape index (κ3) is 3.91. The van der Waals surface area contributed by atoms with Crippen molar-refractivity contribution >= 4 is 61.7 Å². The molecular formula is C27H18ClNO2S. The lowest BCUT2D eigenvalue weighted by Gasteiger charge is -2.10. The maximum absolute atomic E-state index is 13.1. The van der Waals surface area contributed by atoms with Crippen molar-refractivity contribution in [1.82, 2.24) is 0 Å². The van der Waals surface area contributed by atoms with Crippen molar-refractivity contribution in [3.63, 3.8) is 0 Å². The number of halogens is 1. The van der Waals surface area contributed by atoms with E-state index in [1.54, 1.807) is 12.3 Å². The molecule has 0 aliphatic heterocycles. The van der Waals surface area contributed by atoms with Gasteiger partial charge in [-0.25, -0.2) is 4.79 Å². The van der Waals surface area contributed by atoms with Crippen LogP contribution in [0.1, 0.15) is 20.8 Å². The fourth-order valence-electron chi connectivity index (χ4n) is 3.56. The maximum atomic E-state index is 13.1. The van der Waals surface area contributed by atoms with E-state index in [0.29, 0.717) is 15.6 Å². The number of benzene rings is 4. The second kappa shape index (κ2) is 8.58. The molecule has 0 aliphatic carbocycles. The number of carbonyl (C=O) groups excluding carboxylic acids is 1. The van der Waals surface area contributed by atoms with Crippen molar-refractivity contribution in [3.8, 4) is 5.75 Å². The van der Waals surface area contributed by atoms with E-state index >= 15 is 0 Å². The molecule has 0 bridgehead atoms. The van der Waals surface area contributed by atoms with Gasteiger partial charge in [-0.05, 0) is 42.0 Å². The molecule has 0 saturated heterocycles. The van der Waals surface area contributed by atoms with Gasteiger partial charge in [0.05, 0.1) is 10.7 Å². The van der Waals surface area contributed by atoms with Gasteiger partial charge in [-0.3, -0.25) is 4.99 Å². The fraction of sp³-hybridized carbons (Fsp3) is 0.0370. The van der Waals surface area contributed by atoms with Crippen molar-refractivity contribution in [2.45, 2.75) is 6.92 Å². The normalized spacial score (nSPS) is 11.4. The van der Waals surface area contributed by atoms with Gasteiger partial charge in [0.25, 0.3) is 0 Å². The van der Waals surface area contributed by atoms with Crippen LogP contribution in [0, 0.1) is 6.92 Å². The van der Waals surface area contributed by atoms with Gasteiger partial charge in [0.15, 0.2) is 0 Å². The first kappa shape index (κ1) is 20.4. The van der Waals surface area contributed by atoms with E-state index in [9.17, 15) is 4.79 Å². The van der Waals surface area contributed by atoms with Gasteiger partial charge in [0, 0.05) is 21.9 Å². The molecule has 156 valence electrons. The van der Waals surface area contributed by atoms with Crippen LogP contribution < -0.4 is 4.74 Å². The van der Waals surface area contributed by atoms with Gasteiger partial charge in [-0.15, -0.1) is 11.3 Å². The van der Waals surface area contributed by atoms with Crippen LogP contribution in [-0.4, -0.2) is 12.2 Å². The molecule has 4 aromatic carbocycles. The van der Waals surface area contributed by atoms with Gasteiger partial charge < -0.3 is 4.74 Å². The standard InChI is InChI=1S/C27H18ClNO2S/c1-17-10-13-19(14-11-17)29-16-22-20-7-3-2-6-18(20)12-15-23(22)31-27(30)26-25(28)21-8-4-5-9-24(21)32-26/h2-16H,1H3. The SMILES string of the molecule is Cc1ccc(N=Cc2c(OC(=O)c3sc4ccccc4c3Cl)ccc3ccccc23)cc1. The second-order valence-corrected chi connectivity index (χ2v) is 8.85. The highest BCUT2D eigenvalue weighted by Gasteiger charge is 2.20. The third-order valence-electron chi connectivity index (χ3n) is 5.23. The number of aliphatic imine (C=N–C) groups is 1. The van der Waals surface area contributed by atoms with Crippen molar-refractivity contribution in [2.75, 3.05) is 0 Å². The Bertz CT molecular complexity index is 1490. The Balaban J connectivity index is 1.55. The number of hydrogen-bond acceptors (Lipinski definition) is 4. The molecule has 32 heavy (non-hydrogen) atoms. The Hall–Kier alpha value is -3.47. The van der Waals surface area contributed by atoms with E-state index < -0.39 is 5.97 Å². The average molecular weight is 456 g/mol. The first-order valence-electron chi connectivity index (χ1n) is 10.1. The number of fused-ring (bicyclic) bond motifs is 2. The lowest BCUT2D eigenvalue weighted by Crippen LogP contribution is -2.09. The summed E-state index contributed by atoms with van der Waals surface area (Å²) in [6.45, 7) is 2.04. The van der Waals surface area contributed by atoms with E-state index in [0.717, 1.165) is 32.1 Å². The van der Waals surface area contributed by atoms with Crippen LogP contribution in [0.2, 0.25) is 5.02 Å². The zero-order valence-electron chi connectivity index (χ0n) is 17.2. The van der Waals surface area contributed by atoms with Crippen LogP contribution in [0.5, 0.6) is 5.75 Å². The Labute approximate surface area is 194 Å². The predicted molar refractivity (Wildman–Crippen MR) is 134 cm³/mol. The molecule has 0 saturated carbocycles. The van der Waals surface area contributed by atoms with E-state index in [-0.39, 0.29) is 0 Å². The Morgan fingerprint density at radius 1 is 0.906 bits per heavy atom. The maximum Gasteiger partial charge on any atom is 0.355 e. The predicted octanol–water partition coefficient (Wildman–Crippen LogP) is 7.99. The number of hydrogen-bond donors (Lipinski definition) is 0. The number of rotatable bonds is 4. The zero-order chi connectivity index (χ0) is 22.1. The van der Waals surface area contributed by atoms with Crippen LogP contribution in [0.15, 0.2) is 89.9 Å². The van der Waals surface area contributed by atoms with E-state index in [1.807, 2.05) is 85.8 Å². The summed E-state index contributed by atoms with van der Waals surface area (Å²) in [4.78, 5) is 18.1. The molecule has 5 heteroatoms. The molecule has 0 spiro atoms. The summed E-state index contributed by atoms with van der Waals surface area (Å²) in [7, 11) is 0. The van der Waals surface area contributed by atoms with Crippen molar-refractivity contribution in [3.05, 3.63) is 106 Å². The first-order chi connectivity index (χ1) is 15.6. The number of carbonyl (C=O) groups is 1. The summed E-state index contributed by atoms with van der Waals surface area (Å²) in [5.74, 6) is -0.0328. The van der Waals surface area contributed by atoms with Crippen LogP contribution >= 0.6 is 22.9 Å². The quantitative estimate of drug-likeness (QED) is 0.156. The second-order valence-electron chi connectivity index (χ2n) is 7.42. The lowest BCUT2D eigenvalue weighted by atomic mass is 10.0. The smallest absolute Gasteiger partial charge is 0.355 e. The minimum Gasteiger partial charge on any atom is -0.422 e. The van der Waals surface area contributed by atoms with Gasteiger partial charge in [0.1, 0.15) is 10.6 Å². The monoisotopic (exact) mass is 455 g/mol.